The van der Waals surface area contributed by atoms with Crippen LogP contribution >= 0.6 is 0 Å². The quantitative estimate of drug-likeness (QED) is 0.408. The number of aromatic amines is 1. The molecule has 4 heteroatoms. The van der Waals surface area contributed by atoms with Crippen molar-refractivity contribution >= 4 is 44.0 Å². The van der Waals surface area contributed by atoms with Crippen molar-refractivity contribution in [2.45, 2.75) is 6.42 Å². The normalized spacial score (nSPS) is 13.7. The van der Waals surface area contributed by atoms with Crippen molar-refractivity contribution < 1.29 is 0 Å². The molecule has 3 heterocycles. The van der Waals surface area contributed by atoms with Gasteiger partial charge in [0.05, 0.1) is 22.9 Å². The largest absolute Gasteiger partial charge is 0.396 e. The van der Waals surface area contributed by atoms with Gasteiger partial charge in [-0.15, -0.1) is 0 Å². The van der Waals surface area contributed by atoms with E-state index in [2.05, 4.69) is 38.9 Å². The fraction of sp³-hybridized carbons (Fsp3) is 0.0476. The van der Waals surface area contributed by atoms with Gasteiger partial charge in [0.1, 0.15) is 5.71 Å². The Bertz CT molecular complexity index is 1280. The lowest BCUT2D eigenvalue weighted by atomic mass is 9.95. The fourth-order valence-electron chi connectivity index (χ4n) is 3.50. The minimum atomic E-state index is 0.674. The molecule has 3 N–H and O–H groups in total. The smallest absolute Gasteiger partial charge is 0.123 e. The summed E-state index contributed by atoms with van der Waals surface area (Å²) in [6.45, 7) is 0. The van der Waals surface area contributed by atoms with E-state index in [1.807, 2.05) is 30.5 Å². The molecule has 5 rings (SSSR count). The molecule has 2 aromatic carbocycles. The minimum Gasteiger partial charge on any atom is -0.396 e. The second kappa shape index (κ2) is 5.22. The molecule has 0 saturated carbocycles. The van der Waals surface area contributed by atoms with Gasteiger partial charge in [-0.3, -0.25) is 4.98 Å². The first-order valence-electron chi connectivity index (χ1n) is 8.12. The van der Waals surface area contributed by atoms with E-state index >= 15 is 0 Å². The molecule has 0 unspecified atom stereocenters. The molecule has 0 aliphatic carbocycles. The molecule has 2 aromatic heterocycles. The van der Waals surface area contributed by atoms with Crippen LogP contribution in [-0.2, 0) is 0 Å². The van der Waals surface area contributed by atoms with Crippen LogP contribution in [0, 0.1) is 11.8 Å². The number of H-pyrrole nitrogens is 1. The predicted molar refractivity (Wildman–Crippen MR) is 104 cm³/mol. The average molecular weight is 322 g/mol. The lowest BCUT2D eigenvalue weighted by Crippen LogP contribution is -2.05. The van der Waals surface area contributed by atoms with Gasteiger partial charge >= 0.3 is 0 Å². The first kappa shape index (κ1) is 13.8. The van der Waals surface area contributed by atoms with E-state index in [-0.39, 0.29) is 0 Å². The zero-order valence-corrected chi connectivity index (χ0v) is 13.4. The number of rotatable bonds is 1. The highest BCUT2D eigenvalue weighted by atomic mass is 14.8. The van der Waals surface area contributed by atoms with Gasteiger partial charge in [0.25, 0.3) is 0 Å². The molecule has 0 radical (unpaired) electrons. The Morgan fingerprint density at radius 3 is 2.88 bits per heavy atom. The van der Waals surface area contributed by atoms with Crippen LogP contribution in [-0.4, -0.2) is 15.7 Å². The monoisotopic (exact) mass is 322 g/mol. The highest BCUT2D eigenvalue weighted by Crippen LogP contribution is 2.38. The zero-order chi connectivity index (χ0) is 16.8. The second-order valence-electron chi connectivity index (χ2n) is 6.00. The van der Waals surface area contributed by atoms with Gasteiger partial charge in [-0.1, -0.05) is 36.3 Å². The van der Waals surface area contributed by atoms with Gasteiger partial charge in [0, 0.05) is 35.2 Å². The van der Waals surface area contributed by atoms with E-state index < -0.39 is 0 Å². The summed E-state index contributed by atoms with van der Waals surface area (Å²) in [7, 11) is 0. The molecule has 0 spiro atoms. The highest BCUT2D eigenvalue weighted by Gasteiger charge is 2.19. The molecule has 1 aliphatic rings. The summed E-state index contributed by atoms with van der Waals surface area (Å²) in [4.78, 5) is 12.2. The van der Waals surface area contributed by atoms with E-state index in [0.717, 1.165) is 38.1 Å². The number of nitrogens with one attached hydrogen (secondary N) is 1. The topological polar surface area (TPSA) is 67.1 Å². The maximum atomic E-state index is 6.61. The molecule has 1 aliphatic heterocycles. The number of nitrogens with zero attached hydrogens (tertiary/aromatic N) is 2. The third-order valence-corrected chi connectivity index (χ3v) is 4.58. The SMILES string of the molecule is Nc1c(C2=NC=CCC#C2)c2ccccc2c2c1[nH]c1cnccc12. The molecule has 4 nitrogen and oxygen atoms in total. The fourth-order valence-corrected chi connectivity index (χ4v) is 3.50. The lowest BCUT2D eigenvalue weighted by molar-refractivity contribution is 1.35. The van der Waals surface area contributed by atoms with Crippen LogP contribution in [0.4, 0.5) is 5.69 Å². The van der Waals surface area contributed by atoms with E-state index in [0.29, 0.717) is 17.8 Å². The van der Waals surface area contributed by atoms with Crippen LogP contribution in [0.3, 0.4) is 0 Å². The van der Waals surface area contributed by atoms with Crippen LogP contribution < -0.4 is 5.73 Å². The molecule has 0 atom stereocenters. The van der Waals surface area contributed by atoms with E-state index in [4.69, 9.17) is 5.73 Å². The van der Waals surface area contributed by atoms with Crippen LogP contribution in [0.25, 0.3) is 32.6 Å². The Labute approximate surface area is 144 Å². The standard InChI is InChI=1S/C21H14N4/c22-20-19(16-8-2-1-5-10-24-16)14-7-4-3-6-13(14)18-15-9-11-23-12-17(15)25-21(18)20/h3-7,9-12,25H,1,22H2. The Morgan fingerprint density at radius 2 is 1.96 bits per heavy atom. The molecule has 0 saturated heterocycles. The molecular formula is C21H14N4. The van der Waals surface area contributed by atoms with Gasteiger partial charge < -0.3 is 10.7 Å². The van der Waals surface area contributed by atoms with Crippen molar-refractivity contribution in [1.29, 1.82) is 0 Å². The van der Waals surface area contributed by atoms with Crippen molar-refractivity contribution in [3.63, 3.8) is 0 Å². The molecule has 4 aromatic rings. The number of fused-ring (bicyclic) bond motifs is 5. The van der Waals surface area contributed by atoms with Crippen molar-refractivity contribution in [2.75, 3.05) is 5.73 Å². The van der Waals surface area contributed by atoms with Crippen molar-refractivity contribution in [1.82, 2.24) is 9.97 Å². The molecule has 0 bridgehead atoms. The highest BCUT2D eigenvalue weighted by molar-refractivity contribution is 6.32. The lowest BCUT2D eigenvalue weighted by Gasteiger charge is -2.11. The number of nitrogens with two attached hydrogens (primary N) is 1. The van der Waals surface area contributed by atoms with E-state index in [9.17, 15) is 0 Å². The summed E-state index contributed by atoms with van der Waals surface area (Å²) in [5.74, 6) is 6.28. The van der Waals surface area contributed by atoms with E-state index in [1.54, 1.807) is 12.4 Å². The van der Waals surface area contributed by atoms with Gasteiger partial charge in [0.15, 0.2) is 0 Å². The van der Waals surface area contributed by atoms with Crippen molar-refractivity contribution in [2.24, 2.45) is 4.99 Å². The third-order valence-electron chi connectivity index (χ3n) is 4.58. The van der Waals surface area contributed by atoms with Crippen LogP contribution in [0.2, 0.25) is 0 Å². The van der Waals surface area contributed by atoms with Gasteiger partial charge in [-0.25, -0.2) is 4.99 Å². The summed E-state index contributed by atoms with van der Waals surface area (Å²) in [6, 6.07) is 10.3. The van der Waals surface area contributed by atoms with Crippen molar-refractivity contribution in [3.05, 3.63) is 60.6 Å². The maximum absolute atomic E-state index is 6.61. The maximum Gasteiger partial charge on any atom is 0.123 e. The number of anilines is 1. The first-order valence-corrected chi connectivity index (χ1v) is 8.12. The Hall–Kier alpha value is -3.58. The molecule has 0 fully saturated rings. The second-order valence-corrected chi connectivity index (χ2v) is 6.00. The average Bonchev–Trinajstić information content (AvgIpc) is 2.84. The molecular weight excluding hydrogens is 308 g/mol. The van der Waals surface area contributed by atoms with Crippen molar-refractivity contribution in [3.8, 4) is 11.8 Å². The Kier molecular flexibility index (Phi) is 2.88. The zero-order valence-electron chi connectivity index (χ0n) is 13.4. The number of hydrogen-bond donors (Lipinski definition) is 2. The summed E-state index contributed by atoms with van der Waals surface area (Å²) in [6.07, 6.45) is 8.07. The van der Waals surface area contributed by atoms with Gasteiger partial charge in [-0.05, 0) is 22.8 Å². The first-order chi connectivity index (χ1) is 12.3. The summed E-state index contributed by atoms with van der Waals surface area (Å²) in [5.41, 5.74) is 10.8. The van der Waals surface area contributed by atoms with Crippen LogP contribution in [0.1, 0.15) is 12.0 Å². The number of hydrogen-bond acceptors (Lipinski definition) is 3. The molecule has 0 amide bonds. The predicted octanol–water partition coefficient (Wildman–Crippen LogP) is 4.16. The van der Waals surface area contributed by atoms with Gasteiger partial charge in [-0.2, -0.15) is 0 Å². The summed E-state index contributed by atoms with van der Waals surface area (Å²) in [5, 5.41) is 4.44. The Morgan fingerprint density at radius 1 is 1.08 bits per heavy atom. The minimum absolute atomic E-state index is 0.674. The summed E-state index contributed by atoms with van der Waals surface area (Å²) < 4.78 is 0. The number of allylic oxidation sites excluding steroid dienone is 1. The number of aliphatic imine (C=N–C) groups is 1. The molecule has 118 valence electrons. The number of aromatic nitrogens is 2. The number of benzene rings is 2. The Balaban J connectivity index is 2.03. The molecule has 25 heavy (non-hydrogen) atoms. The summed E-state index contributed by atoms with van der Waals surface area (Å²) >= 11 is 0. The van der Waals surface area contributed by atoms with Gasteiger partial charge in [0.2, 0.25) is 0 Å². The number of nitrogen functional groups attached to an aromatic ring is 1. The van der Waals surface area contributed by atoms with Crippen LogP contribution in [0.15, 0.2) is 60.0 Å². The third kappa shape index (κ3) is 1.96. The van der Waals surface area contributed by atoms with E-state index in [1.165, 1.54) is 0 Å². The van der Waals surface area contributed by atoms with Crippen LogP contribution in [0.5, 0.6) is 0 Å². The number of pyridine rings is 1.